The second-order valence-corrected chi connectivity index (χ2v) is 23.7. The number of fused-ring (bicyclic) bond motifs is 8. The number of aliphatic hydroxyl groups is 4. The number of rotatable bonds is 15. The number of esters is 2. The summed E-state index contributed by atoms with van der Waals surface area (Å²) in [6.07, 6.45) is -5.15. The number of nitrogens with zero attached hydrogens (tertiary/aromatic N) is 6. The summed E-state index contributed by atoms with van der Waals surface area (Å²) in [5.74, 6) is -5.31. The van der Waals surface area contributed by atoms with Crippen LogP contribution in [0.3, 0.4) is 0 Å². The van der Waals surface area contributed by atoms with Crippen LogP contribution < -0.4 is 15.8 Å². The van der Waals surface area contributed by atoms with Crippen molar-refractivity contribution in [3.8, 4) is 0 Å². The molecule has 4 bridgehead atoms. The highest BCUT2D eigenvalue weighted by molar-refractivity contribution is 5.92. The van der Waals surface area contributed by atoms with Crippen molar-refractivity contribution in [2.24, 2.45) is 22.9 Å². The number of carbonyl (C=O) groups excluding carboxylic acids is 2. The number of hydrogen-bond donors (Lipinski definition) is 6. The van der Waals surface area contributed by atoms with Crippen LogP contribution in [0.15, 0.2) is 28.4 Å². The number of oxime groups is 1. The molecule has 0 unspecified atom stereocenters. The molecule has 6 N–H and O–H groups in total. The zero-order valence-electron chi connectivity index (χ0n) is 48.7. The first-order valence-electron chi connectivity index (χ1n) is 28.4. The van der Waals surface area contributed by atoms with E-state index in [9.17, 15) is 44.7 Å². The van der Waals surface area contributed by atoms with Crippen LogP contribution in [0.2, 0.25) is 0 Å². The molecule has 1 aliphatic carbocycles. The fraction of sp³-hybridized carbons (Fsp3) is 0.786. The lowest BCUT2D eigenvalue weighted by molar-refractivity contribution is -0.320. The van der Waals surface area contributed by atoms with Gasteiger partial charge in [0.25, 0.3) is 0 Å². The van der Waals surface area contributed by atoms with Crippen LogP contribution in [0.1, 0.15) is 116 Å². The van der Waals surface area contributed by atoms with Crippen molar-refractivity contribution in [2.75, 3.05) is 79.6 Å². The molecule has 7 rings (SSSR count). The van der Waals surface area contributed by atoms with Crippen molar-refractivity contribution in [1.29, 1.82) is 0 Å². The molecule has 2 aromatic rings. The van der Waals surface area contributed by atoms with E-state index in [1.807, 2.05) is 25.9 Å². The minimum absolute atomic E-state index is 0.0157. The average molecular weight is 1130 g/mol. The number of carboxylic acid groups (broad SMARTS) is 1. The van der Waals surface area contributed by atoms with E-state index >= 15 is 0 Å². The summed E-state index contributed by atoms with van der Waals surface area (Å²) in [5.41, 5.74) is -4.71. The van der Waals surface area contributed by atoms with Gasteiger partial charge in [0.1, 0.15) is 41.7 Å². The average Bonchev–Trinajstić information content (AvgIpc) is 3.43. The van der Waals surface area contributed by atoms with Crippen molar-refractivity contribution >= 4 is 34.7 Å². The number of likely N-dealkylation sites (N-methyl/N-ethyl adjacent to an activating group) is 2. The second kappa shape index (κ2) is 26.4. The summed E-state index contributed by atoms with van der Waals surface area (Å²) in [4.78, 5) is 67.4. The molecule has 17 atom stereocenters. The van der Waals surface area contributed by atoms with Crippen LogP contribution in [0.25, 0.3) is 11.0 Å². The van der Waals surface area contributed by atoms with E-state index in [1.54, 1.807) is 72.9 Å². The molecule has 0 amide bonds. The summed E-state index contributed by atoms with van der Waals surface area (Å²) in [6, 6.07) is 1.29. The molecule has 0 radical (unpaired) electrons. The van der Waals surface area contributed by atoms with Crippen LogP contribution in [0.4, 0.5) is 0 Å². The van der Waals surface area contributed by atoms with Crippen molar-refractivity contribution in [2.45, 2.75) is 191 Å². The predicted molar refractivity (Wildman–Crippen MR) is 293 cm³/mol. The number of carbonyl (C=O) groups is 3. The minimum Gasteiger partial charge on any atom is -0.477 e. The molecule has 5 aliphatic rings. The van der Waals surface area contributed by atoms with E-state index in [1.165, 1.54) is 18.0 Å². The van der Waals surface area contributed by atoms with Gasteiger partial charge < -0.3 is 83.7 Å². The Morgan fingerprint density at radius 3 is 2.38 bits per heavy atom. The van der Waals surface area contributed by atoms with E-state index in [4.69, 9.17) is 38.0 Å². The molecule has 24 heteroatoms. The van der Waals surface area contributed by atoms with Gasteiger partial charge in [-0.3, -0.25) is 14.4 Å². The number of nitrogens with one attached hydrogen (secondary N) is 1. The third-order valence-corrected chi connectivity index (χ3v) is 17.3. The van der Waals surface area contributed by atoms with Crippen molar-refractivity contribution < 1.29 is 77.9 Å². The molecule has 0 spiro atoms. The quantitative estimate of drug-likeness (QED) is 0.109. The SMILES string of the molecule is CCN1CCO/N=C2\[C@H](C)C[C@@](C)(O)[C@H](O[C@@H]3O[C@H](CC1)C[C@H](N(C)C)[C@H]3O)[C@@H](C)[C@H](O[C@H]1C[C@@](C)(OC)[C@@H](OC(=O)CCNCCCc3cnc4c(c3)c(=O)c(C(=O)O)cn4N(C)C)[C@H](C)O1)[C@@H](C)C(=O)O[C@@H]1CC[C@]1(O)[C@@H]2O. The molecular formula is C56H89N7O17. The molecular weight excluding hydrogens is 1040 g/mol. The fourth-order valence-electron chi connectivity index (χ4n) is 12.3. The van der Waals surface area contributed by atoms with Gasteiger partial charge in [-0.1, -0.05) is 25.9 Å². The van der Waals surface area contributed by atoms with Crippen LogP contribution in [0.5, 0.6) is 0 Å². The Labute approximate surface area is 468 Å². The Hall–Kier alpha value is -4.44. The van der Waals surface area contributed by atoms with Gasteiger partial charge in [0, 0.05) is 77.5 Å². The summed E-state index contributed by atoms with van der Waals surface area (Å²) >= 11 is 0. The van der Waals surface area contributed by atoms with Gasteiger partial charge in [0.2, 0.25) is 5.43 Å². The number of aromatic nitrogens is 2. The first-order chi connectivity index (χ1) is 37.7. The summed E-state index contributed by atoms with van der Waals surface area (Å²) in [5, 5.41) is 68.3. The van der Waals surface area contributed by atoms with Gasteiger partial charge in [-0.25, -0.2) is 14.5 Å². The number of methoxy groups -OCH3 is 1. The monoisotopic (exact) mass is 1130 g/mol. The molecule has 3 saturated heterocycles. The molecule has 450 valence electrons. The van der Waals surface area contributed by atoms with Gasteiger partial charge in [-0.05, 0) is 111 Å². The van der Waals surface area contributed by atoms with Gasteiger partial charge in [-0.15, -0.1) is 0 Å². The Morgan fingerprint density at radius 2 is 1.73 bits per heavy atom. The zero-order chi connectivity index (χ0) is 58.6. The van der Waals surface area contributed by atoms with Crippen molar-refractivity contribution in [1.82, 2.24) is 24.8 Å². The number of aromatic carboxylic acids is 1. The van der Waals surface area contributed by atoms with Crippen LogP contribution >= 0.6 is 0 Å². The number of ether oxygens (including phenoxy) is 7. The number of aryl methyl sites for hydroxylation is 1. The van der Waals surface area contributed by atoms with Gasteiger partial charge >= 0.3 is 17.9 Å². The predicted octanol–water partition coefficient (Wildman–Crippen LogP) is 1.79. The lowest BCUT2D eigenvalue weighted by atomic mass is 9.69. The maximum Gasteiger partial charge on any atom is 0.341 e. The normalized spacial score (nSPS) is 37.5. The number of carboxylic acids is 1. The highest BCUT2D eigenvalue weighted by Crippen LogP contribution is 2.44. The summed E-state index contributed by atoms with van der Waals surface area (Å²) in [6.45, 7) is 15.1. The number of aliphatic hydroxyl groups excluding tert-OH is 2. The highest BCUT2D eigenvalue weighted by atomic mass is 16.7. The molecule has 1 saturated carbocycles. The maximum atomic E-state index is 14.5. The van der Waals surface area contributed by atoms with E-state index in [-0.39, 0.29) is 74.1 Å². The largest absolute Gasteiger partial charge is 0.477 e. The maximum absolute atomic E-state index is 14.5. The summed E-state index contributed by atoms with van der Waals surface area (Å²) in [7, 11) is 8.70. The number of pyridine rings is 2. The molecule has 4 aliphatic heterocycles. The van der Waals surface area contributed by atoms with Crippen LogP contribution in [0, 0.1) is 17.8 Å². The third kappa shape index (κ3) is 14.0. The van der Waals surface area contributed by atoms with Crippen LogP contribution in [-0.4, -0.2) is 228 Å². The van der Waals surface area contributed by atoms with Gasteiger partial charge in [0.05, 0.1) is 53.5 Å². The fourth-order valence-corrected chi connectivity index (χ4v) is 12.3. The van der Waals surface area contributed by atoms with Gasteiger partial charge in [-0.2, -0.15) is 0 Å². The van der Waals surface area contributed by atoms with Crippen molar-refractivity contribution in [3.05, 3.63) is 39.8 Å². The molecule has 6 heterocycles. The molecule has 2 aromatic heterocycles. The van der Waals surface area contributed by atoms with Crippen molar-refractivity contribution in [3.63, 3.8) is 0 Å². The van der Waals surface area contributed by atoms with E-state index in [0.29, 0.717) is 57.5 Å². The lowest BCUT2D eigenvalue weighted by Gasteiger charge is -2.49. The summed E-state index contributed by atoms with van der Waals surface area (Å²) < 4.78 is 46.8. The Bertz CT molecular complexity index is 2550. The molecule has 4 fully saturated rings. The lowest BCUT2D eigenvalue weighted by Crippen LogP contribution is -2.64. The van der Waals surface area contributed by atoms with E-state index < -0.39 is 113 Å². The first kappa shape index (κ1) is 63.1. The molecule has 24 nitrogen and oxygen atoms in total. The standard InChI is InChI=1S/C56H89N7O17/c1-13-62-22-18-36-26-39(60(8)9)45(66)53(76-36)80-48-32(3)46(33(4)52(70)77-40-16-19-56(40,72)47(67)43(59-74-24-23-62)31(2)27-54(48,6)71)79-42-28-55(7,73-12)49(34(5)75-42)78-41(64)17-21-57-20-14-15-35-25-37-44(65)38(51(68)69)30-63(61(10)11)50(37)58-29-35/h25,29-34,36,39-40,42,45-49,53,57,66-67,71-72H,13-24,26-28H2,1-12H3,(H,68,69)/b59-43+/t31-,32+,33-,34+,36-,39+,40-,42+,45-,46+,47-,48-,49+,53+,54-,55-,56-/m1/s1. The molecule has 80 heavy (non-hydrogen) atoms. The first-order valence-corrected chi connectivity index (χ1v) is 28.4. The Morgan fingerprint density at radius 1 is 0.988 bits per heavy atom. The number of hydrogen-bond acceptors (Lipinski definition) is 22. The smallest absolute Gasteiger partial charge is 0.341 e. The minimum atomic E-state index is -1.92. The second-order valence-electron chi connectivity index (χ2n) is 23.7. The molecule has 0 aromatic carbocycles. The highest BCUT2D eigenvalue weighted by Gasteiger charge is 2.58. The zero-order valence-corrected chi connectivity index (χ0v) is 48.7. The van der Waals surface area contributed by atoms with Crippen LogP contribution in [-0.2, 0) is 54.0 Å². The Kier molecular flexibility index (Phi) is 20.9. The van der Waals surface area contributed by atoms with E-state index in [2.05, 4.69) is 20.4 Å². The van der Waals surface area contributed by atoms with Gasteiger partial charge in [0.15, 0.2) is 24.3 Å². The third-order valence-electron chi connectivity index (χ3n) is 17.3. The topological polar surface area (TPSA) is 295 Å². The van der Waals surface area contributed by atoms with E-state index in [0.717, 1.165) is 5.56 Å². The Balaban J connectivity index is 1.08.